The van der Waals surface area contributed by atoms with Gasteiger partial charge >= 0.3 is 0 Å². The molecule has 1 fully saturated rings. The van der Waals surface area contributed by atoms with Crippen LogP contribution in [-0.4, -0.2) is 31.2 Å². The molecule has 2 atom stereocenters. The summed E-state index contributed by atoms with van der Waals surface area (Å²) in [7, 11) is 0. The third-order valence-corrected chi connectivity index (χ3v) is 2.73. The molecule has 17 heavy (non-hydrogen) atoms. The fraction of sp³-hybridized carbons (Fsp3) is 0.417. The lowest BCUT2D eigenvalue weighted by atomic mass is 10.1. The van der Waals surface area contributed by atoms with Gasteiger partial charge in [0.05, 0.1) is 18.4 Å². The van der Waals surface area contributed by atoms with Gasteiger partial charge in [-0.2, -0.15) is 0 Å². The third-order valence-electron chi connectivity index (χ3n) is 2.73. The number of carbonyl (C=O) groups excluding carboxylic acids is 1. The van der Waals surface area contributed by atoms with Crippen LogP contribution in [0.5, 0.6) is 0 Å². The number of carbonyl (C=O) groups is 1. The Labute approximate surface area is 99.2 Å². The Morgan fingerprint density at radius 1 is 1.53 bits per heavy atom. The highest BCUT2D eigenvalue weighted by molar-refractivity contribution is 5.95. The van der Waals surface area contributed by atoms with Crippen LogP contribution in [0.15, 0.2) is 24.3 Å². The molecule has 92 valence electrons. The minimum absolute atomic E-state index is 0.192. The summed E-state index contributed by atoms with van der Waals surface area (Å²) in [4.78, 5) is 11.9. The monoisotopic (exact) mass is 238 g/mol. The molecule has 1 heterocycles. The molecule has 4 nitrogen and oxygen atoms in total. The van der Waals surface area contributed by atoms with Crippen molar-refractivity contribution >= 4 is 11.6 Å². The first-order valence-corrected chi connectivity index (χ1v) is 5.59. The molecule has 2 N–H and O–H groups in total. The number of anilines is 1. The number of benzene rings is 1. The van der Waals surface area contributed by atoms with Crippen LogP contribution in [0, 0.1) is 5.82 Å². The number of ether oxygens (including phenoxy) is 1. The second-order valence-electron chi connectivity index (χ2n) is 3.98. The summed E-state index contributed by atoms with van der Waals surface area (Å²) in [6.07, 6.45) is -0.212. The molecule has 5 heteroatoms. The number of nitrogens with one attached hydrogen (secondary N) is 2. The molecule has 2 rings (SSSR count). The number of hydrogen-bond acceptors (Lipinski definition) is 3. The van der Waals surface area contributed by atoms with E-state index >= 15 is 0 Å². The second kappa shape index (κ2) is 5.25. The van der Waals surface area contributed by atoms with Crippen molar-refractivity contribution in [1.82, 2.24) is 5.32 Å². The summed E-state index contributed by atoms with van der Waals surface area (Å²) in [6.45, 7) is 3.03. The minimum Gasteiger partial charge on any atom is -0.375 e. The lowest BCUT2D eigenvalue weighted by Gasteiger charge is -2.29. The van der Waals surface area contributed by atoms with Gasteiger partial charge in [-0.1, -0.05) is 12.1 Å². The largest absolute Gasteiger partial charge is 0.375 e. The fourth-order valence-corrected chi connectivity index (χ4v) is 1.80. The van der Waals surface area contributed by atoms with Crippen molar-refractivity contribution in [1.29, 1.82) is 0 Å². The molecule has 1 aromatic carbocycles. The Morgan fingerprint density at radius 3 is 3.00 bits per heavy atom. The zero-order chi connectivity index (χ0) is 12.3. The molecule has 1 amide bonds. The number of halogens is 1. The Balaban J connectivity index is 2.03. The van der Waals surface area contributed by atoms with Crippen molar-refractivity contribution in [3.63, 3.8) is 0 Å². The van der Waals surface area contributed by atoms with E-state index in [-0.39, 0.29) is 17.7 Å². The number of morpholine rings is 1. The van der Waals surface area contributed by atoms with Crippen molar-refractivity contribution in [3.8, 4) is 0 Å². The van der Waals surface area contributed by atoms with Gasteiger partial charge in [-0.25, -0.2) is 4.39 Å². The molecule has 0 aliphatic carbocycles. The number of hydrogen-bond donors (Lipinski definition) is 2. The first-order valence-electron chi connectivity index (χ1n) is 5.59. The smallest absolute Gasteiger partial charge is 0.244 e. The van der Waals surface area contributed by atoms with Crippen LogP contribution in [0.4, 0.5) is 10.1 Å². The van der Waals surface area contributed by atoms with Crippen LogP contribution in [0.2, 0.25) is 0 Å². The van der Waals surface area contributed by atoms with Crippen molar-refractivity contribution in [2.24, 2.45) is 0 Å². The Morgan fingerprint density at radius 2 is 2.29 bits per heavy atom. The van der Waals surface area contributed by atoms with Crippen molar-refractivity contribution in [3.05, 3.63) is 30.1 Å². The SMILES string of the molecule is C[C@H]1OCCN[C@@H]1C(=O)Nc1ccccc1F. The van der Waals surface area contributed by atoms with Crippen LogP contribution >= 0.6 is 0 Å². The standard InChI is InChI=1S/C12H15FN2O2/c1-8-11(14-6-7-17-8)12(16)15-10-5-3-2-4-9(10)13/h2-5,8,11,14H,6-7H2,1H3,(H,15,16)/t8-,11+/m1/s1. The third kappa shape index (κ3) is 2.81. The van der Waals surface area contributed by atoms with Gasteiger partial charge < -0.3 is 15.4 Å². The van der Waals surface area contributed by atoms with E-state index in [0.29, 0.717) is 13.2 Å². The molecular weight excluding hydrogens is 223 g/mol. The average Bonchev–Trinajstić information content (AvgIpc) is 2.32. The highest BCUT2D eigenvalue weighted by Gasteiger charge is 2.28. The predicted octanol–water partition coefficient (Wildman–Crippen LogP) is 1.14. The molecule has 0 bridgehead atoms. The lowest BCUT2D eigenvalue weighted by molar-refractivity contribution is -0.123. The highest BCUT2D eigenvalue weighted by Crippen LogP contribution is 2.14. The molecule has 0 radical (unpaired) electrons. The average molecular weight is 238 g/mol. The maximum Gasteiger partial charge on any atom is 0.244 e. The van der Waals surface area contributed by atoms with Gasteiger partial charge in [-0.15, -0.1) is 0 Å². The van der Waals surface area contributed by atoms with Gasteiger partial charge in [0.2, 0.25) is 5.91 Å². The molecule has 0 spiro atoms. The number of amides is 1. The molecule has 1 aliphatic heterocycles. The quantitative estimate of drug-likeness (QED) is 0.812. The Bertz CT molecular complexity index is 411. The van der Waals surface area contributed by atoms with Crippen molar-refractivity contribution in [2.75, 3.05) is 18.5 Å². The molecule has 1 aliphatic rings. The summed E-state index contributed by atoms with van der Waals surface area (Å²) < 4.78 is 18.7. The summed E-state index contributed by atoms with van der Waals surface area (Å²) in [5, 5.41) is 5.60. The van der Waals surface area contributed by atoms with E-state index in [1.165, 1.54) is 12.1 Å². The van der Waals surface area contributed by atoms with E-state index in [9.17, 15) is 9.18 Å². The van der Waals surface area contributed by atoms with E-state index in [1.54, 1.807) is 12.1 Å². The summed E-state index contributed by atoms with van der Waals surface area (Å²) >= 11 is 0. The van der Waals surface area contributed by atoms with Crippen LogP contribution in [-0.2, 0) is 9.53 Å². The normalized spacial score (nSPS) is 24.4. The Kier molecular flexibility index (Phi) is 3.71. The van der Waals surface area contributed by atoms with Crippen LogP contribution in [0.25, 0.3) is 0 Å². The van der Waals surface area contributed by atoms with Gasteiger partial charge in [0.1, 0.15) is 11.9 Å². The van der Waals surface area contributed by atoms with E-state index in [2.05, 4.69) is 10.6 Å². The van der Waals surface area contributed by atoms with Crippen LogP contribution < -0.4 is 10.6 Å². The maximum atomic E-state index is 13.3. The number of rotatable bonds is 2. The summed E-state index contributed by atoms with van der Waals surface area (Å²) in [6, 6.07) is 5.65. The van der Waals surface area contributed by atoms with Crippen LogP contribution in [0.3, 0.4) is 0 Å². The highest BCUT2D eigenvalue weighted by atomic mass is 19.1. The van der Waals surface area contributed by atoms with Crippen molar-refractivity contribution < 1.29 is 13.9 Å². The van der Waals surface area contributed by atoms with E-state index in [4.69, 9.17) is 4.74 Å². The first-order chi connectivity index (χ1) is 8.18. The molecule has 0 unspecified atom stereocenters. The molecule has 0 saturated carbocycles. The first kappa shape index (κ1) is 12.0. The van der Waals surface area contributed by atoms with Crippen molar-refractivity contribution in [2.45, 2.75) is 19.1 Å². The van der Waals surface area contributed by atoms with Gasteiger partial charge in [0.15, 0.2) is 0 Å². The second-order valence-corrected chi connectivity index (χ2v) is 3.98. The maximum absolute atomic E-state index is 13.3. The zero-order valence-corrected chi connectivity index (χ0v) is 9.57. The van der Waals surface area contributed by atoms with Gasteiger partial charge in [0, 0.05) is 6.54 Å². The minimum atomic E-state index is -0.441. The van der Waals surface area contributed by atoms with Gasteiger partial charge in [0.25, 0.3) is 0 Å². The molecule has 0 aromatic heterocycles. The molecule has 1 saturated heterocycles. The van der Waals surface area contributed by atoms with Gasteiger partial charge in [-0.3, -0.25) is 4.79 Å². The summed E-state index contributed by atoms with van der Waals surface area (Å²) in [5.41, 5.74) is 0.192. The van der Waals surface area contributed by atoms with E-state index in [1.807, 2.05) is 6.92 Å². The van der Waals surface area contributed by atoms with E-state index in [0.717, 1.165) is 0 Å². The molecular formula is C12H15FN2O2. The van der Waals surface area contributed by atoms with Gasteiger partial charge in [-0.05, 0) is 19.1 Å². The lowest BCUT2D eigenvalue weighted by Crippen LogP contribution is -2.53. The number of para-hydroxylation sites is 1. The van der Waals surface area contributed by atoms with Crippen LogP contribution in [0.1, 0.15) is 6.92 Å². The zero-order valence-electron chi connectivity index (χ0n) is 9.57. The fourth-order valence-electron chi connectivity index (χ4n) is 1.80. The Hall–Kier alpha value is -1.46. The molecule has 1 aromatic rings. The topological polar surface area (TPSA) is 50.4 Å². The van der Waals surface area contributed by atoms with E-state index < -0.39 is 11.9 Å². The predicted molar refractivity (Wildman–Crippen MR) is 62.2 cm³/mol. The summed E-state index contributed by atoms with van der Waals surface area (Å²) in [5.74, 6) is -0.715.